The van der Waals surface area contributed by atoms with Gasteiger partial charge in [0.15, 0.2) is 0 Å². The Hall–Kier alpha value is -2.37. The van der Waals surface area contributed by atoms with E-state index in [1.807, 2.05) is 82.3 Å². The molecule has 6 nitrogen and oxygen atoms in total. The molecule has 4 aromatic rings. The highest BCUT2D eigenvalue weighted by atomic mass is 35.5. The van der Waals surface area contributed by atoms with Gasteiger partial charge < -0.3 is 0 Å². The Kier molecular flexibility index (Phi) is 14.9. The summed E-state index contributed by atoms with van der Waals surface area (Å²) in [6, 6.07) is 28.5. The van der Waals surface area contributed by atoms with Gasteiger partial charge in [0.25, 0.3) is 0 Å². The Morgan fingerprint density at radius 1 is 0.721 bits per heavy atom. The summed E-state index contributed by atoms with van der Waals surface area (Å²) in [5.74, 6) is 4.24. The smallest absolute Gasteiger partial charge is 0.0719 e. The molecule has 0 heterocycles. The minimum atomic E-state index is 0.665. The number of anilines is 2. The molecule has 226 valence electrons. The SMILES string of the molecule is Cc1ccc(NN=NCCSSCC2CC2)cc1.Cc1ccc(NN=NCCSSc2cc(Cl)c3ccccc3c2)cc1. The van der Waals surface area contributed by atoms with E-state index in [9.17, 15) is 0 Å². The molecule has 1 aliphatic carbocycles. The van der Waals surface area contributed by atoms with Gasteiger partial charge in [0.1, 0.15) is 0 Å². The number of halogens is 1. The zero-order chi connectivity index (χ0) is 30.1. The fourth-order valence-corrected chi connectivity index (χ4v) is 8.16. The van der Waals surface area contributed by atoms with Crippen molar-refractivity contribution in [1.29, 1.82) is 0 Å². The first kappa shape index (κ1) is 33.5. The molecule has 4 aromatic carbocycles. The van der Waals surface area contributed by atoms with Gasteiger partial charge in [-0.1, -0.05) is 125 Å². The van der Waals surface area contributed by atoms with Gasteiger partial charge in [0, 0.05) is 32.6 Å². The van der Waals surface area contributed by atoms with Gasteiger partial charge >= 0.3 is 0 Å². The first-order valence-corrected chi connectivity index (χ1v) is 19.4. The Morgan fingerprint density at radius 2 is 1.30 bits per heavy atom. The minimum Gasteiger partial charge on any atom is -0.260 e. The van der Waals surface area contributed by atoms with E-state index < -0.39 is 0 Å². The third kappa shape index (κ3) is 13.4. The van der Waals surface area contributed by atoms with E-state index in [2.05, 4.69) is 69.6 Å². The fraction of sp³-hybridized carbons (Fsp3) is 0.312. The lowest BCUT2D eigenvalue weighted by molar-refractivity contribution is 0.973. The molecule has 0 aliphatic heterocycles. The van der Waals surface area contributed by atoms with Gasteiger partial charge in [0.2, 0.25) is 0 Å². The highest BCUT2D eigenvalue weighted by Crippen LogP contribution is 2.37. The van der Waals surface area contributed by atoms with Gasteiger partial charge in [-0.05, 0) is 74.4 Å². The first-order chi connectivity index (χ1) is 21.1. The van der Waals surface area contributed by atoms with Crippen molar-refractivity contribution >= 4 is 76.9 Å². The summed E-state index contributed by atoms with van der Waals surface area (Å²) in [5, 5.41) is 19.3. The molecule has 0 saturated heterocycles. The van der Waals surface area contributed by atoms with Crippen molar-refractivity contribution in [3.63, 3.8) is 0 Å². The molecule has 0 bridgehead atoms. The normalized spacial score (nSPS) is 12.9. The third-order valence-corrected chi connectivity index (χ3v) is 11.3. The van der Waals surface area contributed by atoms with E-state index in [1.165, 1.54) is 35.1 Å². The van der Waals surface area contributed by atoms with E-state index in [0.29, 0.717) is 6.54 Å². The summed E-state index contributed by atoms with van der Waals surface area (Å²) in [5.41, 5.74) is 10.3. The van der Waals surface area contributed by atoms with Gasteiger partial charge in [0.05, 0.1) is 24.5 Å². The van der Waals surface area contributed by atoms with E-state index in [0.717, 1.165) is 50.6 Å². The zero-order valence-electron chi connectivity index (χ0n) is 24.4. The Labute approximate surface area is 275 Å². The Morgan fingerprint density at radius 3 is 1.91 bits per heavy atom. The van der Waals surface area contributed by atoms with Crippen LogP contribution in [0.1, 0.15) is 24.0 Å². The van der Waals surface area contributed by atoms with E-state index in [4.69, 9.17) is 11.6 Å². The summed E-state index contributed by atoms with van der Waals surface area (Å²) in [4.78, 5) is 1.16. The largest absolute Gasteiger partial charge is 0.260 e. The molecule has 0 spiro atoms. The lowest BCUT2D eigenvalue weighted by Crippen LogP contribution is -1.89. The van der Waals surface area contributed by atoms with Crippen LogP contribution in [0.5, 0.6) is 0 Å². The van der Waals surface area contributed by atoms with Gasteiger partial charge in [-0.2, -0.15) is 10.2 Å². The molecule has 0 amide bonds. The van der Waals surface area contributed by atoms with Gasteiger partial charge in [-0.15, -0.1) is 0 Å². The number of nitrogens with zero attached hydrogens (tertiary/aromatic N) is 4. The maximum atomic E-state index is 6.35. The van der Waals surface area contributed by atoms with Crippen molar-refractivity contribution in [3.8, 4) is 0 Å². The molecule has 0 unspecified atom stereocenters. The predicted octanol–water partition coefficient (Wildman–Crippen LogP) is 11.6. The van der Waals surface area contributed by atoms with Crippen molar-refractivity contribution in [2.75, 3.05) is 41.2 Å². The molecule has 1 aliphatic rings. The minimum absolute atomic E-state index is 0.665. The molecule has 0 aromatic heterocycles. The van der Waals surface area contributed by atoms with Crippen molar-refractivity contribution < 1.29 is 0 Å². The zero-order valence-corrected chi connectivity index (χ0v) is 28.4. The van der Waals surface area contributed by atoms with Crippen molar-refractivity contribution in [3.05, 3.63) is 101 Å². The molecular formula is C32H37ClN6S4. The quantitative estimate of drug-likeness (QED) is 0.0568. The lowest BCUT2D eigenvalue weighted by Gasteiger charge is -2.05. The molecule has 2 N–H and O–H groups in total. The van der Waals surface area contributed by atoms with Crippen molar-refractivity contribution in [2.24, 2.45) is 26.6 Å². The number of nitrogens with one attached hydrogen (secondary N) is 2. The predicted molar refractivity (Wildman–Crippen MR) is 194 cm³/mol. The molecule has 1 fully saturated rings. The molecule has 0 atom stereocenters. The number of hydrogen-bond acceptors (Lipinski definition) is 8. The Balaban J connectivity index is 0.000000208. The topological polar surface area (TPSA) is 73.5 Å². The Bertz CT molecular complexity index is 1450. The first-order valence-electron chi connectivity index (χ1n) is 14.2. The van der Waals surface area contributed by atoms with Crippen LogP contribution >= 0.6 is 54.8 Å². The van der Waals surface area contributed by atoms with Crippen LogP contribution < -0.4 is 10.9 Å². The highest BCUT2D eigenvalue weighted by Gasteiger charge is 2.20. The van der Waals surface area contributed by atoms with Crippen LogP contribution in [0.15, 0.2) is 110 Å². The standard InChI is InChI=1S/C19H18ClN3S2.C13H19N3S2/c1-14-6-8-16(9-7-14)22-23-21-10-11-24-25-17-12-15-4-2-3-5-18(15)19(20)13-17;1-11-2-6-13(7-3-11)15-16-14-8-9-17-18-10-12-4-5-12/h2-9,12-13H,10-11H2,1H3,(H,21,22);2-3,6-7,12H,4-5,8-10H2,1H3,(H,14,15). The van der Waals surface area contributed by atoms with Crippen LogP contribution in [0.4, 0.5) is 11.4 Å². The fourth-order valence-electron chi connectivity index (χ4n) is 3.58. The number of fused-ring (bicyclic) bond motifs is 1. The van der Waals surface area contributed by atoms with Crippen LogP contribution in [0.2, 0.25) is 5.02 Å². The monoisotopic (exact) mass is 668 g/mol. The molecular weight excluding hydrogens is 632 g/mol. The molecule has 0 radical (unpaired) electrons. The van der Waals surface area contributed by atoms with Crippen LogP contribution in [0, 0.1) is 19.8 Å². The second-order valence-corrected chi connectivity index (χ2v) is 15.5. The molecule has 1 saturated carbocycles. The van der Waals surface area contributed by atoms with Crippen molar-refractivity contribution in [1.82, 2.24) is 0 Å². The molecule has 43 heavy (non-hydrogen) atoms. The van der Waals surface area contributed by atoms with Crippen LogP contribution in [-0.2, 0) is 0 Å². The summed E-state index contributed by atoms with van der Waals surface area (Å²) >= 11 is 6.35. The summed E-state index contributed by atoms with van der Waals surface area (Å²) in [6.07, 6.45) is 2.88. The summed E-state index contributed by atoms with van der Waals surface area (Å²) in [6.45, 7) is 5.57. The maximum absolute atomic E-state index is 6.35. The molecule has 11 heteroatoms. The number of rotatable bonds is 15. The third-order valence-electron chi connectivity index (χ3n) is 6.18. The van der Waals surface area contributed by atoms with Crippen LogP contribution in [0.3, 0.4) is 0 Å². The van der Waals surface area contributed by atoms with Crippen LogP contribution in [-0.4, -0.2) is 30.3 Å². The van der Waals surface area contributed by atoms with Gasteiger partial charge in [-0.25, -0.2) is 0 Å². The average Bonchev–Trinajstić information content (AvgIpc) is 3.85. The highest BCUT2D eigenvalue weighted by molar-refractivity contribution is 8.77. The average molecular weight is 669 g/mol. The van der Waals surface area contributed by atoms with E-state index in [1.54, 1.807) is 21.6 Å². The lowest BCUT2D eigenvalue weighted by atomic mass is 10.1. The maximum Gasteiger partial charge on any atom is 0.0719 e. The van der Waals surface area contributed by atoms with E-state index >= 15 is 0 Å². The summed E-state index contributed by atoms with van der Waals surface area (Å²) in [7, 11) is 7.34. The molecule has 5 rings (SSSR count). The second kappa shape index (κ2) is 19.1. The number of aryl methyl sites for hydroxylation is 2. The van der Waals surface area contributed by atoms with Crippen molar-refractivity contribution in [2.45, 2.75) is 31.6 Å². The number of benzene rings is 4. The second-order valence-electron chi connectivity index (χ2n) is 9.97. The van der Waals surface area contributed by atoms with Crippen LogP contribution in [0.25, 0.3) is 10.8 Å². The van der Waals surface area contributed by atoms with Gasteiger partial charge in [-0.3, -0.25) is 10.9 Å². The number of hydrogen-bond donors (Lipinski definition) is 2. The summed E-state index contributed by atoms with van der Waals surface area (Å²) < 4.78 is 0. The van der Waals surface area contributed by atoms with E-state index in [-0.39, 0.29) is 0 Å².